The van der Waals surface area contributed by atoms with Gasteiger partial charge in [0.25, 0.3) is 0 Å². The van der Waals surface area contributed by atoms with Crippen LogP contribution in [0.5, 0.6) is 0 Å². The van der Waals surface area contributed by atoms with Crippen molar-refractivity contribution in [3.8, 4) is 0 Å². The van der Waals surface area contributed by atoms with E-state index >= 15 is 0 Å². The van der Waals surface area contributed by atoms with Gasteiger partial charge in [0.1, 0.15) is 0 Å². The third-order valence-electron chi connectivity index (χ3n) is 4.16. The molecule has 3 rings (SSSR count). The quantitative estimate of drug-likeness (QED) is 0.720. The molecular weight excluding hydrogens is 308 g/mol. The number of aromatic nitrogens is 1. The number of carbonyl (C=O) groups is 1. The number of rotatable bonds is 6. The Kier molecular flexibility index (Phi) is 5.57. The number of aryl methyl sites for hydroxylation is 2. The highest BCUT2D eigenvalue weighted by Gasteiger charge is 2.04. The van der Waals surface area contributed by atoms with E-state index in [9.17, 15) is 4.79 Å². The van der Waals surface area contributed by atoms with Gasteiger partial charge in [0.05, 0.1) is 0 Å². The monoisotopic (exact) mass is 330 g/mol. The fraction of sp³-hybridized carbons (Fsp3) is 0.182. The molecule has 0 fully saturated rings. The summed E-state index contributed by atoms with van der Waals surface area (Å²) >= 11 is 0. The molecule has 1 N–H and O–H groups in total. The van der Waals surface area contributed by atoms with Crippen molar-refractivity contribution in [3.05, 3.63) is 95.3 Å². The van der Waals surface area contributed by atoms with Crippen LogP contribution in [0.2, 0.25) is 0 Å². The smallest absolute Gasteiger partial charge is 0.224 e. The minimum atomic E-state index is 0.0439. The number of nitrogens with zero attached hydrogens (tertiary/aromatic N) is 1. The van der Waals surface area contributed by atoms with Gasteiger partial charge in [0, 0.05) is 24.5 Å². The average Bonchev–Trinajstić information content (AvgIpc) is 2.64. The number of hydrogen-bond acceptors (Lipinski definition) is 2. The first-order valence-corrected chi connectivity index (χ1v) is 8.52. The van der Waals surface area contributed by atoms with Crippen LogP contribution in [0.4, 0.5) is 5.69 Å². The minimum absolute atomic E-state index is 0.0439. The Labute approximate surface area is 148 Å². The molecule has 0 aliphatic carbocycles. The second-order valence-corrected chi connectivity index (χ2v) is 6.26. The molecule has 126 valence electrons. The molecule has 0 spiro atoms. The Morgan fingerprint density at radius 2 is 1.44 bits per heavy atom. The van der Waals surface area contributed by atoms with E-state index in [1.807, 2.05) is 24.3 Å². The van der Waals surface area contributed by atoms with E-state index in [0.717, 1.165) is 18.5 Å². The first-order chi connectivity index (χ1) is 12.2. The van der Waals surface area contributed by atoms with Crippen molar-refractivity contribution in [2.75, 3.05) is 5.32 Å². The van der Waals surface area contributed by atoms with E-state index in [0.29, 0.717) is 6.42 Å². The second-order valence-electron chi connectivity index (χ2n) is 6.26. The van der Waals surface area contributed by atoms with Crippen LogP contribution in [-0.2, 0) is 17.6 Å². The molecule has 1 aromatic heterocycles. The first-order valence-electron chi connectivity index (χ1n) is 8.52. The second kappa shape index (κ2) is 8.25. The molecule has 0 atom stereocenters. The molecule has 3 heteroatoms. The predicted octanol–water partition coefficient (Wildman–Crippen LogP) is 4.55. The zero-order valence-electron chi connectivity index (χ0n) is 14.4. The Balaban J connectivity index is 1.50. The van der Waals surface area contributed by atoms with Crippen molar-refractivity contribution in [2.24, 2.45) is 0 Å². The van der Waals surface area contributed by atoms with Crippen LogP contribution < -0.4 is 5.32 Å². The molecule has 2 aromatic carbocycles. The van der Waals surface area contributed by atoms with Crippen molar-refractivity contribution in [2.45, 2.75) is 26.2 Å². The Morgan fingerprint density at radius 3 is 2.12 bits per heavy atom. The maximum atomic E-state index is 12.1. The number of carbonyl (C=O) groups excluding carboxylic acids is 1. The van der Waals surface area contributed by atoms with Crippen molar-refractivity contribution in [1.29, 1.82) is 0 Å². The van der Waals surface area contributed by atoms with Crippen LogP contribution in [-0.4, -0.2) is 10.9 Å². The maximum absolute atomic E-state index is 12.1. The summed E-state index contributed by atoms with van der Waals surface area (Å²) in [6.45, 7) is 2.06. The lowest BCUT2D eigenvalue weighted by atomic mass is 10.1. The number of hydrogen-bond donors (Lipinski definition) is 1. The molecule has 0 unspecified atom stereocenters. The van der Waals surface area contributed by atoms with E-state index < -0.39 is 0 Å². The summed E-state index contributed by atoms with van der Waals surface area (Å²) in [6, 6.07) is 20.4. The summed E-state index contributed by atoms with van der Waals surface area (Å²) in [5.74, 6) is 0.0439. The Hall–Kier alpha value is -2.94. The van der Waals surface area contributed by atoms with E-state index in [1.54, 1.807) is 12.4 Å². The highest BCUT2D eigenvalue weighted by atomic mass is 16.1. The fourth-order valence-corrected chi connectivity index (χ4v) is 2.68. The third kappa shape index (κ3) is 5.28. The van der Waals surface area contributed by atoms with Gasteiger partial charge in [-0.15, -0.1) is 0 Å². The predicted molar refractivity (Wildman–Crippen MR) is 102 cm³/mol. The van der Waals surface area contributed by atoms with Crippen LogP contribution >= 0.6 is 0 Å². The standard InChI is InChI=1S/C22H22N2O/c1-17-2-4-18(5-3-17)8-11-22(25)24-21-9-6-19(7-10-21)16-20-12-14-23-15-13-20/h2-7,9-10,12-15H,8,11,16H2,1H3,(H,24,25). The summed E-state index contributed by atoms with van der Waals surface area (Å²) in [4.78, 5) is 16.1. The van der Waals surface area contributed by atoms with Crippen molar-refractivity contribution >= 4 is 11.6 Å². The molecule has 3 aromatic rings. The lowest BCUT2D eigenvalue weighted by Gasteiger charge is -2.07. The highest BCUT2D eigenvalue weighted by molar-refractivity contribution is 5.90. The van der Waals surface area contributed by atoms with Gasteiger partial charge in [-0.1, -0.05) is 42.0 Å². The summed E-state index contributed by atoms with van der Waals surface area (Å²) in [6.07, 6.45) is 5.72. The van der Waals surface area contributed by atoms with E-state index in [-0.39, 0.29) is 5.91 Å². The lowest BCUT2D eigenvalue weighted by Crippen LogP contribution is -2.12. The molecular formula is C22H22N2O. The molecule has 0 saturated carbocycles. The van der Waals surface area contributed by atoms with Gasteiger partial charge in [0.15, 0.2) is 0 Å². The zero-order chi connectivity index (χ0) is 17.5. The molecule has 25 heavy (non-hydrogen) atoms. The summed E-state index contributed by atoms with van der Waals surface area (Å²) in [7, 11) is 0. The maximum Gasteiger partial charge on any atom is 0.224 e. The topological polar surface area (TPSA) is 42.0 Å². The van der Waals surface area contributed by atoms with Gasteiger partial charge in [-0.2, -0.15) is 0 Å². The molecule has 0 saturated heterocycles. The Bertz CT molecular complexity index is 809. The number of amides is 1. The number of benzene rings is 2. The van der Waals surface area contributed by atoms with Crippen LogP contribution in [0, 0.1) is 6.92 Å². The van der Waals surface area contributed by atoms with Crippen LogP contribution in [0.25, 0.3) is 0 Å². The molecule has 0 bridgehead atoms. The van der Waals surface area contributed by atoms with Crippen molar-refractivity contribution in [1.82, 2.24) is 4.98 Å². The largest absolute Gasteiger partial charge is 0.326 e. The average molecular weight is 330 g/mol. The fourth-order valence-electron chi connectivity index (χ4n) is 2.68. The zero-order valence-corrected chi connectivity index (χ0v) is 14.4. The van der Waals surface area contributed by atoms with E-state index in [2.05, 4.69) is 53.6 Å². The number of pyridine rings is 1. The Morgan fingerprint density at radius 1 is 0.840 bits per heavy atom. The van der Waals surface area contributed by atoms with Crippen LogP contribution in [0.3, 0.4) is 0 Å². The third-order valence-corrected chi connectivity index (χ3v) is 4.16. The molecule has 3 nitrogen and oxygen atoms in total. The number of anilines is 1. The number of nitrogens with one attached hydrogen (secondary N) is 1. The van der Waals surface area contributed by atoms with E-state index in [4.69, 9.17) is 0 Å². The summed E-state index contributed by atoms with van der Waals surface area (Å²) < 4.78 is 0. The molecule has 0 aliphatic rings. The van der Waals surface area contributed by atoms with Gasteiger partial charge in [-0.3, -0.25) is 9.78 Å². The molecule has 1 amide bonds. The van der Waals surface area contributed by atoms with E-state index in [1.165, 1.54) is 22.3 Å². The van der Waals surface area contributed by atoms with Gasteiger partial charge >= 0.3 is 0 Å². The van der Waals surface area contributed by atoms with Crippen LogP contribution in [0.1, 0.15) is 28.7 Å². The van der Waals surface area contributed by atoms with Crippen molar-refractivity contribution < 1.29 is 4.79 Å². The molecule has 0 aliphatic heterocycles. The minimum Gasteiger partial charge on any atom is -0.326 e. The summed E-state index contributed by atoms with van der Waals surface area (Å²) in [5.41, 5.74) is 5.70. The first kappa shape index (κ1) is 16.9. The van der Waals surface area contributed by atoms with Crippen LogP contribution in [0.15, 0.2) is 73.1 Å². The SMILES string of the molecule is Cc1ccc(CCC(=O)Nc2ccc(Cc3ccncc3)cc2)cc1. The lowest BCUT2D eigenvalue weighted by molar-refractivity contribution is -0.116. The summed E-state index contributed by atoms with van der Waals surface area (Å²) in [5, 5.41) is 2.97. The molecule has 0 radical (unpaired) electrons. The van der Waals surface area contributed by atoms with Gasteiger partial charge < -0.3 is 5.32 Å². The van der Waals surface area contributed by atoms with Gasteiger partial charge in [-0.25, -0.2) is 0 Å². The van der Waals surface area contributed by atoms with Gasteiger partial charge in [-0.05, 0) is 60.7 Å². The van der Waals surface area contributed by atoms with Crippen molar-refractivity contribution in [3.63, 3.8) is 0 Å². The normalized spacial score (nSPS) is 10.4. The highest BCUT2D eigenvalue weighted by Crippen LogP contribution is 2.14. The van der Waals surface area contributed by atoms with Gasteiger partial charge in [0.2, 0.25) is 5.91 Å². The molecule has 1 heterocycles.